The third-order valence-corrected chi connectivity index (χ3v) is 2.47. The molecule has 0 bridgehead atoms. The average Bonchev–Trinajstić information content (AvgIpc) is 2.25. The zero-order valence-electron chi connectivity index (χ0n) is 8.30. The summed E-state index contributed by atoms with van der Waals surface area (Å²) in [5, 5.41) is 0. The fraction of sp³-hybridized carbons (Fsp3) is 0.300. The first-order valence-electron chi connectivity index (χ1n) is 4.38. The Morgan fingerprint density at radius 2 is 2.27 bits per heavy atom. The first kappa shape index (κ1) is 11.9. The van der Waals surface area contributed by atoms with Crippen LogP contribution in [-0.4, -0.2) is 27.6 Å². The van der Waals surface area contributed by atoms with Gasteiger partial charge in [-0.2, -0.15) is 0 Å². The molecule has 0 heterocycles. The molecule has 5 heteroatoms. The van der Waals surface area contributed by atoms with E-state index in [2.05, 4.69) is 4.74 Å². The van der Waals surface area contributed by atoms with Crippen LogP contribution in [0.4, 0.5) is 0 Å². The molecule has 1 rings (SSSR count). The van der Waals surface area contributed by atoms with E-state index in [-0.39, 0.29) is 5.75 Å². The summed E-state index contributed by atoms with van der Waals surface area (Å²) in [6.45, 7) is 0. The van der Waals surface area contributed by atoms with Gasteiger partial charge in [0.05, 0.1) is 18.4 Å². The maximum Gasteiger partial charge on any atom is 0.337 e. The first-order valence-corrected chi connectivity index (χ1v) is 5.66. The molecule has 0 aromatic heterocycles. The highest BCUT2D eigenvalue weighted by Crippen LogP contribution is 2.07. The Morgan fingerprint density at radius 3 is 2.87 bits per heavy atom. The third-order valence-electron chi connectivity index (χ3n) is 1.91. The molecule has 0 amide bonds. The molecule has 1 aromatic carbocycles. The summed E-state index contributed by atoms with van der Waals surface area (Å²) in [6, 6.07) is 6.84. The number of hydrogen-bond donors (Lipinski definition) is 1. The highest BCUT2D eigenvalue weighted by Gasteiger charge is 2.05. The van der Waals surface area contributed by atoms with E-state index in [0.29, 0.717) is 12.0 Å². The molecule has 0 aliphatic rings. The van der Waals surface area contributed by atoms with Crippen molar-refractivity contribution in [3.05, 3.63) is 35.4 Å². The maximum atomic E-state index is 11.2. The zero-order chi connectivity index (χ0) is 11.3. The van der Waals surface area contributed by atoms with Crippen molar-refractivity contribution in [2.75, 3.05) is 12.9 Å². The van der Waals surface area contributed by atoms with Crippen molar-refractivity contribution in [1.29, 1.82) is 0 Å². The number of rotatable bonds is 4. The Labute approximate surface area is 90.5 Å². The average molecular weight is 228 g/mol. The molecule has 82 valence electrons. The van der Waals surface area contributed by atoms with E-state index in [0.717, 1.165) is 5.56 Å². The molecule has 0 saturated carbocycles. The summed E-state index contributed by atoms with van der Waals surface area (Å²) in [7, 11) is 1.32. The highest BCUT2D eigenvalue weighted by molar-refractivity contribution is 7.79. The van der Waals surface area contributed by atoms with E-state index in [1.165, 1.54) is 7.11 Å². The maximum absolute atomic E-state index is 11.2. The van der Waals surface area contributed by atoms with Crippen LogP contribution in [0.5, 0.6) is 0 Å². The van der Waals surface area contributed by atoms with E-state index >= 15 is 0 Å². The Kier molecular flexibility index (Phi) is 4.45. The monoisotopic (exact) mass is 228 g/mol. The van der Waals surface area contributed by atoms with Crippen LogP contribution in [0.15, 0.2) is 24.3 Å². The number of aryl methyl sites for hydroxylation is 1. The van der Waals surface area contributed by atoms with Crippen molar-refractivity contribution >= 4 is 17.0 Å². The van der Waals surface area contributed by atoms with E-state index in [1.54, 1.807) is 24.3 Å². The summed E-state index contributed by atoms with van der Waals surface area (Å²) in [5.74, 6) is -0.230. The first-order chi connectivity index (χ1) is 7.13. The molecule has 1 aromatic rings. The van der Waals surface area contributed by atoms with Crippen LogP contribution in [0.25, 0.3) is 0 Å². The summed E-state index contributed by atoms with van der Waals surface area (Å²) in [6.07, 6.45) is 0.466. The van der Waals surface area contributed by atoms with E-state index < -0.39 is 17.0 Å². The predicted octanol–water partition coefficient (Wildman–Crippen LogP) is 1.24. The lowest BCUT2D eigenvalue weighted by atomic mass is 10.1. The molecule has 0 aliphatic heterocycles. The molecule has 0 radical (unpaired) electrons. The Balaban J connectivity index is 2.74. The number of methoxy groups -OCH3 is 1. The third kappa shape index (κ3) is 3.81. The van der Waals surface area contributed by atoms with Gasteiger partial charge in [0.25, 0.3) is 0 Å². The van der Waals surface area contributed by atoms with E-state index in [4.69, 9.17) is 4.55 Å². The van der Waals surface area contributed by atoms with Gasteiger partial charge in [0.15, 0.2) is 11.1 Å². The number of hydrogen-bond acceptors (Lipinski definition) is 3. The minimum Gasteiger partial charge on any atom is -0.465 e. The smallest absolute Gasteiger partial charge is 0.337 e. The van der Waals surface area contributed by atoms with Gasteiger partial charge in [-0.25, -0.2) is 9.00 Å². The molecule has 0 aliphatic carbocycles. The summed E-state index contributed by atoms with van der Waals surface area (Å²) in [4.78, 5) is 11.2. The zero-order valence-corrected chi connectivity index (χ0v) is 9.12. The number of ether oxygens (including phenoxy) is 1. The van der Waals surface area contributed by atoms with Gasteiger partial charge in [-0.05, 0) is 24.1 Å². The number of carbonyl (C=O) groups excluding carboxylic acids is 1. The van der Waals surface area contributed by atoms with Crippen molar-refractivity contribution in [2.45, 2.75) is 6.42 Å². The van der Waals surface area contributed by atoms with Crippen LogP contribution in [-0.2, 0) is 22.2 Å². The summed E-state index contributed by atoms with van der Waals surface area (Å²) < 4.78 is 23.7. The van der Waals surface area contributed by atoms with Gasteiger partial charge >= 0.3 is 5.97 Å². The van der Waals surface area contributed by atoms with Crippen LogP contribution in [0.3, 0.4) is 0 Å². The Hall–Kier alpha value is -1.20. The predicted molar refractivity (Wildman–Crippen MR) is 57.1 cm³/mol. The topological polar surface area (TPSA) is 63.6 Å². The van der Waals surface area contributed by atoms with Crippen LogP contribution in [0.1, 0.15) is 15.9 Å². The number of benzene rings is 1. The van der Waals surface area contributed by atoms with Crippen LogP contribution >= 0.6 is 0 Å². The normalized spacial score (nSPS) is 12.1. The lowest BCUT2D eigenvalue weighted by molar-refractivity contribution is 0.0600. The van der Waals surface area contributed by atoms with E-state index in [1.807, 2.05) is 0 Å². The Morgan fingerprint density at radius 1 is 1.53 bits per heavy atom. The van der Waals surface area contributed by atoms with Crippen molar-refractivity contribution in [3.8, 4) is 0 Å². The van der Waals surface area contributed by atoms with Crippen molar-refractivity contribution < 1.29 is 18.3 Å². The van der Waals surface area contributed by atoms with Crippen LogP contribution in [0.2, 0.25) is 0 Å². The molecular weight excluding hydrogens is 216 g/mol. The second-order valence-electron chi connectivity index (χ2n) is 2.97. The largest absolute Gasteiger partial charge is 0.465 e. The summed E-state index contributed by atoms with van der Waals surface area (Å²) in [5.41, 5.74) is 1.30. The molecule has 15 heavy (non-hydrogen) atoms. The number of esters is 1. The van der Waals surface area contributed by atoms with Gasteiger partial charge in [-0.15, -0.1) is 0 Å². The van der Waals surface area contributed by atoms with Gasteiger partial charge in [-0.1, -0.05) is 12.1 Å². The quantitative estimate of drug-likeness (QED) is 0.622. The standard InChI is InChI=1S/C10H12O4S/c1-14-10(11)9-4-2-3-8(7-9)5-6-15(12)13/h2-4,7H,5-6H2,1H3,(H,12,13). The fourth-order valence-corrected chi connectivity index (χ4v) is 1.59. The number of carbonyl (C=O) groups is 1. The minimum absolute atomic E-state index is 0.171. The van der Waals surface area contributed by atoms with Gasteiger partial charge in [0.1, 0.15) is 0 Å². The molecular formula is C10H12O4S. The molecule has 0 fully saturated rings. The highest BCUT2D eigenvalue weighted by atomic mass is 32.2. The molecule has 4 nitrogen and oxygen atoms in total. The second kappa shape index (κ2) is 5.63. The van der Waals surface area contributed by atoms with Gasteiger partial charge in [0.2, 0.25) is 0 Å². The SMILES string of the molecule is COC(=O)c1cccc(CCS(=O)O)c1. The van der Waals surface area contributed by atoms with Crippen LogP contribution < -0.4 is 0 Å². The second-order valence-corrected chi connectivity index (χ2v) is 4.02. The minimum atomic E-state index is -1.80. The lowest BCUT2D eigenvalue weighted by Crippen LogP contribution is -2.03. The molecule has 0 saturated heterocycles. The fourth-order valence-electron chi connectivity index (χ4n) is 1.18. The van der Waals surface area contributed by atoms with Crippen molar-refractivity contribution in [1.82, 2.24) is 0 Å². The van der Waals surface area contributed by atoms with Gasteiger partial charge in [0, 0.05) is 0 Å². The molecule has 1 atom stereocenters. The van der Waals surface area contributed by atoms with Crippen molar-refractivity contribution in [3.63, 3.8) is 0 Å². The molecule has 0 spiro atoms. The van der Waals surface area contributed by atoms with E-state index in [9.17, 15) is 9.00 Å². The van der Waals surface area contributed by atoms with Crippen LogP contribution in [0, 0.1) is 0 Å². The molecule has 1 N–H and O–H groups in total. The van der Waals surface area contributed by atoms with Gasteiger partial charge in [-0.3, -0.25) is 0 Å². The molecule has 1 unspecified atom stereocenters. The van der Waals surface area contributed by atoms with Crippen molar-refractivity contribution in [2.24, 2.45) is 0 Å². The lowest BCUT2D eigenvalue weighted by Gasteiger charge is -2.02. The summed E-state index contributed by atoms with van der Waals surface area (Å²) >= 11 is -1.80. The van der Waals surface area contributed by atoms with Gasteiger partial charge < -0.3 is 9.29 Å². The Bertz CT molecular complexity index is 375.